The predicted octanol–water partition coefficient (Wildman–Crippen LogP) is 12.6. The van der Waals surface area contributed by atoms with Crippen LogP contribution in [0.25, 0.3) is 0 Å². The summed E-state index contributed by atoms with van der Waals surface area (Å²) in [5.74, 6) is -0.688. The maximum absolute atomic E-state index is 12.6. The van der Waals surface area contributed by atoms with Crippen LogP contribution in [0.4, 0.5) is 0 Å². The van der Waals surface area contributed by atoms with Gasteiger partial charge in [0.1, 0.15) is 12.2 Å². The van der Waals surface area contributed by atoms with Crippen LogP contribution in [0, 0.1) is 5.92 Å². The summed E-state index contributed by atoms with van der Waals surface area (Å²) in [4.78, 5) is 90.4. The Morgan fingerprint density at radius 3 is 0.775 bits per heavy atom. The van der Waals surface area contributed by atoms with E-state index in [1.165, 1.54) is 33.4 Å². The first-order valence-electron chi connectivity index (χ1n) is 51.5. The fourth-order valence-electron chi connectivity index (χ4n) is 19.9. The van der Waals surface area contributed by atoms with Crippen LogP contribution in [-0.4, -0.2) is 303 Å². The van der Waals surface area contributed by atoms with Crippen molar-refractivity contribution in [2.24, 2.45) is 11.7 Å². The maximum Gasteiger partial charge on any atom is 0.251 e. The van der Waals surface area contributed by atoms with Gasteiger partial charge < -0.3 is 97.1 Å². The normalized spacial score (nSPS) is 19.0. The van der Waals surface area contributed by atoms with E-state index in [1.54, 1.807) is 21.0 Å². The summed E-state index contributed by atoms with van der Waals surface area (Å²) >= 11 is 0. The smallest absolute Gasteiger partial charge is 0.251 e. The first-order chi connectivity index (χ1) is 65.4. The highest BCUT2D eigenvalue weighted by molar-refractivity contribution is 5.85. The lowest BCUT2D eigenvalue weighted by Crippen LogP contribution is -2.60. The van der Waals surface area contributed by atoms with Crippen molar-refractivity contribution in [2.45, 2.75) is 333 Å². The van der Waals surface area contributed by atoms with E-state index in [0.29, 0.717) is 49.2 Å². The van der Waals surface area contributed by atoms with E-state index in [-0.39, 0.29) is 74.8 Å². The molecule has 6 fully saturated rings. The Morgan fingerprint density at radius 1 is 0.355 bits per heavy atom. The van der Waals surface area contributed by atoms with E-state index in [2.05, 4.69) is 254 Å². The molecule has 0 saturated carbocycles. The standard InChI is InChI=1S/C20H33N3O.C20H32N2O2.C19H31N3O.C19H30N2O2.C18H28N2O3.C17H26N2O2/c1-15(2)18(21)19(24)22-20(14-17-8-6-5-7-9-17)10-12-23(13-11-20)16(3)4;1-16(2)22-12-10-20(11-13-22,15-18-8-6-5-7-9-18)21-19(23)14-17(3)24-4;1-16(2)22-12-10-19(11-13-22,20-18(23)15-21(3)4)14-17-8-6-5-7-9-17;1-15(2)21-12-10-19(11-13-21,20-17(22)18(3,4)23)14-16-8-6-5-7-9-16;1-14(2)20-10-8-18(9-11-20,19-17(23)16(22)13-21)12-15-6-4-3-5-7-15;1-14(2)19-10-8-17(9-11-19,18-16(21)13-20)12-15-6-4-3-5-7-15/h5-9,15-16,18H,10-14,21H2,1-4H3,(H,22,24);5-9,16-17H,10-15H2,1-4H3,(H,21,23);5-9,16H,10-15H2,1-4H3,(H,20,23);5-9,15,23H,10-14H2,1-4H3,(H,20,22);3-7,14,16,21-22H,8-13H2,1-2H3,(H,19,23);3-7,14,20H,8-13H2,1-2H3,(H,18,21). The Balaban J connectivity index is 0.000000225. The minimum absolute atomic E-state index is 0.0149. The largest absolute Gasteiger partial charge is 0.393 e. The van der Waals surface area contributed by atoms with Crippen molar-refractivity contribution in [3.8, 4) is 0 Å². The van der Waals surface area contributed by atoms with Crippen LogP contribution in [0.15, 0.2) is 182 Å². The number of amides is 6. The van der Waals surface area contributed by atoms with Crippen LogP contribution in [0.2, 0.25) is 0 Å². The molecule has 25 heteroatoms. The predicted molar refractivity (Wildman–Crippen MR) is 561 cm³/mol. The van der Waals surface area contributed by atoms with Gasteiger partial charge >= 0.3 is 0 Å². The number of rotatable bonds is 35. The Labute approximate surface area is 830 Å². The van der Waals surface area contributed by atoms with Crippen LogP contribution in [0.5, 0.6) is 0 Å². The van der Waals surface area contributed by atoms with Gasteiger partial charge in [-0.3, -0.25) is 28.8 Å². The molecule has 0 aliphatic carbocycles. The number of nitrogens with zero attached hydrogens (tertiary/aromatic N) is 7. The zero-order chi connectivity index (χ0) is 101. The van der Waals surface area contributed by atoms with Gasteiger partial charge in [-0.1, -0.05) is 196 Å². The van der Waals surface area contributed by atoms with Gasteiger partial charge in [0, 0.05) is 155 Å². The number of ether oxygens (including phenoxy) is 1. The van der Waals surface area contributed by atoms with Gasteiger partial charge in [0.2, 0.25) is 23.6 Å². The molecule has 6 aromatic carbocycles. The molecule has 6 heterocycles. The molecule has 12 N–H and O–H groups in total. The summed E-state index contributed by atoms with van der Waals surface area (Å²) < 4.78 is 5.24. The third-order valence-electron chi connectivity index (χ3n) is 29.1. The van der Waals surface area contributed by atoms with Crippen LogP contribution in [-0.2, 0) is 72.0 Å². The summed E-state index contributed by atoms with van der Waals surface area (Å²) in [7, 11) is 5.52. The van der Waals surface area contributed by atoms with Gasteiger partial charge in [-0.25, -0.2) is 0 Å². The van der Waals surface area contributed by atoms with Crippen molar-refractivity contribution >= 4 is 35.4 Å². The van der Waals surface area contributed by atoms with Crippen molar-refractivity contribution in [3.63, 3.8) is 0 Å². The van der Waals surface area contributed by atoms with Crippen molar-refractivity contribution in [3.05, 3.63) is 215 Å². The van der Waals surface area contributed by atoms with Gasteiger partial charge in [0.15, 0.2) is 6.10 Å². The Bertz CT molecular complexity index is 4440. The number of hydrogen-bond donors (Lipinski definition) is 11. The average Bonchev–Trinajstić information content (AvgIpc) is 0.386. The molecule has 768 valence electrons. The van der Waals surface area contributed by atoms with Crippen LogP contribution in [0.1, 0.15) is 235 Å². The number of carbonyl (C=O) groups excluding carboxylic acids is 6. The molecule has 0 spiro atoms. The number of aliphatic hydroxyl groups excluding tert-OH is 3. The number of likely N-dealkylation sites (N-methyl/N-ethyl adjacent to an activating group) is 1. The van der Waals surface area contributed by atoms with E-state index in [0.717, 1.165) is 194 Å². The van der Waals surface area contributed by atoms with E-state index < -0.39 is 36.9 Å². The molecule has 12 rings (SSSR count). The third-order valence-corrected chi connectivity index (χ3v) is 29.1. The van der Waals surface area contributed by atoms with Crippen molar-refractivity contribution in [1.29, 1.82) is 0 Å². The summed E-state index contributed by atoms with van der Waals surface area (Å²) in [6, 6.07) is 64.9. The SMILES string of the molecule is CC(C)C(N)C(=O)NC1(Cc2ccccc2)CCN(C(C)C)CC1.CC(C)N1CCC(Cc2ccccc2)(NC(=O)C(C)(C)O)CC1.CC(C)N1CCC(Cc2ccccc2)(NC(=O)C(O)CO)CC1.CC(C)N1CCC(Cc2ccccc2)(NC(=O)CN(C)C)CC1.CC(C)N1CCC(Cc2ccccc2)(NC(=O)CO)CC1.COC(C)CC(=O)NC1(Cc2ccccc2)CCN(C(C)C)CC1. The molecule has 138 heavy (non-hydrogen) atoms. The monoisotopic (exact) mass is 1910 g/mol. The van der Waals surface area contributed by atoms with Gasteiger partial charge in [-0.15, -0.1) is 0 Å². The second-order valence-corrected chi connectivity index (χ2v) is 43.2. The lowest BCUT2D eigenvalue weighted by molar-refractivity contribution is -0.139. The Kier molecular flexibility index (Phi) is 48.2. The number of piperidine rings is 6. The Hall–Kier alpha value is -8.38. The van der Waals surface area contributed by atoms with Crippen LogP contribution < -0.4 is 37.6 Å². The zero-order valence-corrected chi connectivity index (χ0v) is 88.0. The molecule has 0 bridgehead atoms. The molecule has 25 nitrogen and oxygen atoms in total. The number of nitrogens with two attached hydrogens (primary N) is 1. The Morgan fingerprint density at radius 2 is 0.572 bits per heavy atom. The molecule has 6 aromatic rings. The summed E-state index contributed by atoms with van der Waals surface area (Å²) in [5, 5.41) is 57.0. The van der Waals surface area contributed by atoms with Crippen LogP contribution >= 0.6 is 0 Å². The first-order valence-corrected chi connectivity index (χ1v) is 51.5. The minimum atomic E-state index is -1.36. The third kappa shape index (κ3) is 39.5. The number of likely N-dealkylation sites (tertiary alicyclic amines) is 6. The maximum atomic E-state index is 12.6. The quantitative estimate of drug-likeness (QED) is 0.0176. The first kappa shape index (κ1) is 117. The highest BCUT2D eigenvalue weighted by atomic mass is 16.5. The van der Waals surface area contributed by atoms with E-state index in [4.69, 9.17) is 20.7 Å². The number of hydrogen-bond acceptors (Lipinski definition) is 19. The number of nitrogens with one attached hydrogen (secondary N) is 6. The van der Waals surface area contributed by atoms with Crippen molar-refractivity contribution in [2.75, 3.05) is 120 Å². The fourth-order valence-corrected chi connectivity index (χ4v) is 19.9. The highest BCUT2D eigenvalue weighted by Crippen LogP contribution is 2.36. The molecule has 3 unspecified atom stereocenters. The average molecular weight is 1910 g/mol. The van der Waals surface area contributed by atoms with E-state index in [1.807, 2.05) is 113 Å². The molecule has 0 aromatic heterocycles. The van der Waals surface area contributed by atoms with Crippen LogP contribution in [0.3, 0.4) is 0 Å². The van der Waals surface area contributed by atoms with Gasteiger partial charge in [-0.2, -0.15) is 0 Å². The molecule has 0 radical (unpaired) electrons. The van der Waals surface area contributed by atoms with Crippen molar-refractivity contribution in [1.82, 2.24) is 66.2 Å². The molecular formula is C113H180N14O11. The van der Waals surface area contributed by atoms with Crippen molar-refractivity contribution < 1.29 is 53.9 Å². The van der Waals surface area contributed by atoms with Gasteiger partial charge in [0.05, 0.1) is 31.7 Å². The van der Waals surface area contributed by atoms with E-state index >= 15 is 0 Å². The highest BCUT2D eigenvalue weighted by Gasteiger charge is 2.45. The van der Waals surface area contributed by atoms with Gasteiger partial charge in [0.25, 0.3) is 11.8 Å². The molecule has 3 atom stereocenters. The summed E-state index contributed by atoms with van der Waals surface area (Å²) in [6.07, 6.45) is 15.3. The molecular weight excluding hydrogens is 1730 g/mol. The second-order valence-electron chi connectivity index (χ2n) is 43.2. The fraction of sp³-hybridized carbons (Fsp3) is 0.628. The minimum Gasteiger partial charge on any atom is -0.393 e. The van der Waals surface area contributed by atoms with E-state index in [9.17, 15) is 39.0 Å². The second kappa shape index (κ2) is 57.1. The molecule has 6 aliphatic rings. The van der Waals surface area contributed by atoms with Gasteiger partial charge in [-0.05, 0) is 273 Å². The summed E-state index contributed by atoms with van der Waals surface area (Å²) in [5.41, 5.74) is 10.9. The number of carbonyl (C=O) groups is 6. The number of benzene rings is 6. The molecule has 6 aliphatic heterocycles. The summed E-state index contributed by atoms with van der Waals surface area (Å²) in [6.45, 7) is 47.0. The topological polar surface area (TPSA) is 313 Å². The molecule has 6 saturated heterocycles. The molecule has 6 amide bonds. The number of methoxy groups -OCH3 is 1. The lowest BCUT2D eigenvalue weighted by atomic mass is 9.81. The lowest BCUT2D eigenvalue weighted by Gasteiger charge is -2.44. The zero-order valence-electron chi connectivity index (χ0n) is 88.0. The number of aliphatic hydroxyl groups is 4.